The normalized spacial score (nSPS) is 10.9. The molecule has 2 amide bonds. The van der Waals surface area contributed by atoms with Crippen molar-refractivity contribution in [2.45, 2.75) is 46.3 Å². The zero-order valence-corrected chi connectivity index (χ0v) is 13.4. The fraction of sp³-hybridized carbons (Fsp3) is 0.467. The van der Waals surface area contributed by atoms with Crippen LogP contribution in [0.4, 0.5) is 4.39 Å². The number of rotatable bonds is 4. The van der Waals surface area contributed by atoms with Gasteiger partial charge in [0.2, 0.25) is 0 Å². The Morgan fingerprint density at radius 3 is 2.29 bits per heavy atom. The molecule has 0 atom stereocenters. The van der Waals surface area contributed by atoms with Crippen molar-refractivity contribution in [2.24, 2.45) is 0 Å². The van der Waals surface area contributed by atoms with E-state index in [1.165, 1.54) is 23.1 Å². The minimum atomic E-state index is -0.767. The second-order valence-corrected chi connectivity index (χ2v) is 5.69. The second kappa shape index (κ2) is 7.41. The molecule has 116 valence electrons. The fourth-order valence-corrected chi connectivity index (χ4v) is 2.36. The van der Waals surface area contributed by atoms with Gasteiger partial charge >= 0.3 is 11.8 Å². The largest absolute Gasteiger partial charge is 0.344 e. The van der Waals surface area contributed by atoms with Crippen molar-refractivity contribution < 1.29 is 14.0 Å². The first-order valence-corrected chi connectivity index (χ1v) is 7.16. The fourth-order valence-electron chi connectivity index (χ4n) is 2.13. The minimum Gasteiger partial charge on any atom is -0.344 e. The van der Waals surface area contributed by atoms with Crippen LogP contribution in [0.2, 0.25) is 5.02 Å². The number of carbonyl (C=O) groups is 2. The number of nitrogens with zero attached hydrogens (tertiary/aromatic N) is 1. The van der Waals surface area contributed by atoms with Gasteiger partial charge < -0.3 is 10.2 Å². The lowest BCUT2D eigenvalue weighted by Gasteiger charge is -2.30. The zero-order valence-electron chi connectivity index (χ0n) is 12.6. The molecular formula is C15H20ClFN2O2. The molecule has 21 heavy (non-hydrogen) atoms. The average molecular weight is 315 g/mol. The number of halogens is 2. The zero-order chi connectivity index (χ0) is 16.2. The van der Waals surface area contributed by atoms with E-state index in [-0.39, 0.29) is 29.2 Å². The molecule has 0 bridgehead atoms. The van der Waals surface area contributed by atoms with Crippen molar-refractivity contribution in [1.82, 2.24) is 10.2 Å². The molecule has 0 saturated carbocycles. The third-order valence-corrected chi connectivity index (χ3v) is 3.38. The lowest BCUT2D eigenvalue weighted by Crippen LogP contribution is -2.49. The van der Waals surface area contributed by atoms with E-state index >= 15 is 0 Å². The van der Waals surface area contributed by atoms with Gasteiger partial charge in [-0.3, -0.25) is 9.59 Å². The van der Waals surface area contributed by atoms with Crippen LogP contribution in [-0.4, -0.2) is 28.8 Å². The van der Waals surface area contributed by atoms with Gasteiger partial charge in [0.25, 0.3) is 0 Å². The number of benzene rings is 1. The minimum absolute atomic E-state index is 0.0969. The summed E-state index contributed by atoms with van der Waals surface area (Å²) in [7, 11) is 0. The van der Waals surface area contributed by atoms with Crippen LogP contribution in [0.15, 0.2) is 18.2 Å². The molecule has 1 aromatic rings. The van der Waals surface area contributed by atoms with Crippen LogP contribution in [0.25, 0.3) is 0 Å². The first kappa shape index (κ1) is 17.4. The molecule has 4 nitrogen and oxygen atoms in total. The molecule has 1 aromatic carbocycles. The summed E-state index contributed by atoms with van der Waals surface area (Å²) in [6.07, 6.45) is 0. The molecule has 1 rings (SSSR count). The number of hydrogen-bond acceptors (Lipinski definition) is 2. The van der Waals surface area contributed by atoms with Gasteiger partial charge in [-0.05, 0) is 39.8 Å². The van der Waals surface area contributed by atoms with E-state index in [2.05, 4.69) is 5.32 Å². The maximum atomic E-state index is 13.6. The van der Waals surface area contributed by atoms with Crippen LogP contribution in [0, 0.1) is 5.82 Å². The summed E-state index contributed by atoms with van der Waals surface area (Å²) in [5, 5.41) is 2.63. The van der Waals surface area contributed by atoms with Crippen molar-refractivity contribution in [1.29, 1.82) is 0 Å². The summed E-state index contributed by atoms with van der Waals surface area (Å²) in [5.41, 5.74) is 0.168. The van der Waals surface area contributed by atoms with E-state index in [1.54, 1.807) is 0 Å². The van der Waals surface area contributed by atoms with Crippen molar-refractivity contribution in [3.05, 3.63) is 34.6 Å². The quantitative estimate of drug-likeness (QED) is 0.869. The number of carbonyl (C=O) groups excluding carboxylic acids is 2. The summed E-state index contributed by atoms with van der Waals surface area (Å²) in [4.78, 5) is 25.5. The molecule has 0 heterocycles. The maximum Gasteiger partial charge on any atom is 0.312 e. The Kier molecular flexibility index (Phi) is 6.15. The van der Waals surface area contributed by atoms with Gasteiger partial charge in [0, 0.05) is 29.2 Å². The highest BCUT2D eigenvalue weighted by Crippen LogP contribution is 2.18. The van der Waals surface area contributed by atoms with E-state index in [9.17, 15) is 14.0 Å². The van der Waals surface area contributed by atoms with Gasteiger partial charge in [0.05, 0.1) is 0 Å². The van der Waals surface area contributed by atoms with E-state index in [1.807, 2.05) is 27.7 Å². The second-order valence-electron chi connectivity index (χ2n) is 5.28. The summed E-state index contributed by atoms with van der Waals surface area (Å²) in [5.74, 6) is -1.91. The maximum absolute atomic E-state index is 13.6. The third kappa shape index (κ3) is 4.43. The highest BCUT2D eigenvalue weighted by atomic mass is 35.5. The standard InChI is InChI=1S/C15H20ClFN2O2/c1-9(2)19(10(3)4)15(21)14(20)18-8-11-12(16)6-5-7-13(11)17/h5-7,9-10H,8H2,1-4H3,(H,18,20). The molecule has 0 spiro atoms. The molecule has 0 radical (unpaired) electrons. The van der Waals surface area contributed by atoms with Crippen molar-refractivity contribution in [3.8, 4) is 0 Å². The lowest BCUT2D eigenvalue weighted by molar-refractivity contribution is -0.148. The van der Waals surface area contributed by atoms with Crippen LogP contribution < -0.4 is 5.32 Å². The van der Waals surface area contributed by atoms with Crippen LogP contribution >= 0.6 is 11.6 Å². The van der Waals surface area contributed by atoms with Gasteiger partial charge in [-0.2, -0.15) is 0 Å². The highest BCUT2D eigenvalue weighted by molar-refractivity contribution is 6.35. The van der Waals surface area contributed by atoms with Gasteiger partial charge in [-0.25, -0.2) is 4.39 Å². The Hall–Kier alpha value is -1.62. The molecule has 0 unspecified atom stereocenters. The smallest absolute Gasteiger partial charge is 0.312 e. The van der Waals surface area contributed by atoms with Crippen LogP contribution in [0.5, 0.6) is 0 Å². The third-order valence-electron chi connectivity index (χ3n) is 3.03. The molecule has 0 aliphatic heterocycles. The van der Waals surface area contributed by atoms with Crippen molar-refractivity contribution in [2.75, 3.05) is 0 Å². The molecule has 0 fully saturated rings. The molecule has 0 aromatic heterocycles. The van der Waals surface area contributed by atoms with E-state index in [4.69, 9.17) is 11.6 Å². The van der Waals surface area contributed by atoms with E-state index < -0.39 is 17.6 Å². The van der Waals surface area contributed by atoms with E-state index in [0.29, 0.717) is 0 Å². The molecule has 6 heteroatoms. The van der Waals surface area contributed by atoms with Crippen LogP contribution in [-0.2, 0) is 16.1 Å². The lowest BCUT2D eigenvalue weighted by atomic mass is 10.2. The van der Waals surface area contributed by atoms with Crippen LogP contribution in [0.3, 0.4) is 0 Å². The molecular weight excluding hydrogens is 295 g/mol. The van der Waals surface area contributed by atoms with Crippen LogP contribution in [0.1, 0.15) is 33.3 Å². The van der Waals surface area contributed by atoms with E-state index in [0.717, 1.165) is 0 Å². The predicted octanol–water partition coefficient (Wildman–Crippen LogP) is 2.74. The van der Waals surface area contributed by atoms with Crippen molar-refractivity contribution in [3.63, 3.8) is 0 Å². The Morgan fingerprint density at radius 2 is 1.81 bits per heavy atom. The number of hydrogen-bond donors (Lipinski definition) is 1. The van der Waals surface area contributed by atoms with Crippen molar-refractivity contribution >= 4 is 23.4 Å². The topological polar surface area (TPSA) is 49.4 Å². The Labute approximate surface area is 129 Å². The van der Waals surface area contributed by atoms with Gasteiger partial charge in [-0.15, -0.1) is 0 Å². The summed E-state index contributed by atoms with van der Waals surface area (Å²) in [6, 6.07) is 4.07. The number of amides is 2. The Bertz CT molecular complexity index is 504. The SMILES string of the molecule is CC(C)N(C(=O)C(=O)NCc1c(F)cccc1Cl)C(C)C. The summed E-state index contributed by atoms with van der Waals surface area (Å²) >= 11 is 5.87. The predicted molar refractivity (Wildman–Crippen MR) is 80.4 cm³/mol. The monoisotopic (exact) mass is 314 g/mol. The molecule has 0 aliphatic carbocycles. The Balaban J connectivity index is 2.75. The first-order valence-electron chi connectivity index (χ1n) is 6.79. The van der Waals surface area contributed by atoms with Gasteiger partial charge in [0.1, 0.15) is 5.82 Å². The Morgan fingerprint density at radius 1 is 1.24 bits per heavy atom. The summed E-state index contributed by atoms with van der Waals surface area (Å²) in [6.45, 7) is 7.20. The summed E-state index contributed by atoms with van der Waals surface area (Å²) < 4.78 is 13.6. The molecule has 0 saturated heterocycles. The highest BCUT2D eigenvalue weighted by Gasteiger charge is 2.26. The molecule has 1 N–H and O–H groups in total. The first-order chi connectivity index (χ1) is 9.75. The molecule has 0 aliphatic rings. The average Bonchev–Trinajstić information content (AvgIpc) is 2.36. The number of nitrogens with one attached hydrogen (secondary N) is 1. The van der Waals surface area contributed by atoms with Gasteiger partial charge in [0.15, 0.2) is 0 Å². The van der Waals surface area contributed by atoms with Gasteiger partial charge in [-0.1, -0.05) is 17.7 Å².